The normalized spacial score (nSPS) is 14.6. The van der Waals surface area contributed by atoms with Crippen molar-refractivity contribution in [3.05, 3.63) is 42.5 Å². The Balaban J connectivity index is 1.51. The largest absolute Gasteiger partial charge is 0.573 e. The molecule has 1 aromatic heterocycles. The van der Waals surface area contributed by atoms with Crippen LogP contribution < -0.4 is 20.7 Å². The highest BCUT2D eigenvalue weighted by Gasteiger charge is 2.31. The molecule has 0 radical (unpaired) electrons. The number of anilines is 1. The Morgan fingerprint density at radius 2 is 1.82 bits per heavy atom. The topological polar surface area (TPSA) is 110 Å². The number of rotatable bonds is 8. The van der Waals surface area contributed by atoms with Crippen LogP contribution in [0, 0.1) is 0 Å². The van der Waals surface area contributed by atoms with Gasteiger partial charge in [-0.2, -0.15) is 0 Å². The summed E-state index contributed by atoms with van der Waals surface area (Å²) in [5, 5.41) is 2.56. The van der Waals surface area contributed by atoms with Crippen molar-refractivity contribution in [2.45, 2.75) is 6.36 Å². The Morgan fingerprint density at radius 1 is 1.09 bits per heavy atom. The van der Waals surface area contributed by atoms with Crippen LogP contribution in [0.4, 0.5) is 23.8 Å². The van der Waals surface area contributed by atoms with Crippen molar-refractivity contribution >= 4 is 17.8 Å². The number of nitrogens with one attached hydrogen (secondary N) is 1. The number of aromatic nitrogens is 1. The van der Waals surface area contributed by atoms with Gasteiger partial charge in [0.05, 0.1) is 5.69 Å². The number of ether oxygens (including phenoxy) is 2. The standard InChI is InChI=1S/C21H24F3N5O4/c22-21(23,24)33-16-4-1-3-15(13-16)17-5-2-6-19(27-17)29-11-9-28(10-12-29)8-7-26-20(31)32-14-18(25)30/h1-6,13H,7-12,14H2,(H2,25,30)(H,26,31). The first-order chi connectivity index (χ1) is 15.7. The van der Waals surface area contributed by atoms with Gasteiger partial charge in [-0.3, -0.25) is 9.69 Å². The summed E-state index contributed by atoms with van der Waals surface area (Å²) in [5.41, 5.74) is 5.97. The van der Waals surface area contributed by atoms with Crippen molar-refractivity contribution in [3.63, 3.8) is 0 Å². The number of alkyl carbamates (subject to hydrolysis) is 1. The number of amides is 2. The third-order valence-electron chi connectivity index (χ3n) is 4.84. The summed E-state index contributed by atoms with van der Waals surface area (Å²) in [4.78, 5) is 30.9. The van der Waals surface area contributed by atoms with Crippen LogP contribution in [-0.4, -0.2) is 74.1 Å². The number of hydrogen-bond acceptors (Lipinski definition) is 7. The van der Waals surface area contributed by atoms with E-state index in [0.717, 1.165) is 18.9 Å². The molecular weight excluding hydrogens is 443 g/mol. The minimum Gasteiger partial charge on any atom is -0.439 e. The van der Waals surface area contributed by atoms with Gasteiger partial charge in [0.25, 0.3) is 5.91 Å². The molecular formula is C21H24F3N5O4. The predicted molar refractivity (Wildman–Crippen MR) is 114 cm³/mol. The second-order valence-corrected chi connectivity index (χ2v) is 7.25. The fraction of sp³-hybridized carbons (Fsp3) is 0.381. The van der Waals surface area contributed by atoms with E-state index in [-0.39, 0.29) is 5.75 Å². The minimum atomic E-state index is -4.76. The molecule has 1 aromatic carbocycles. The molecule has 0 bridgehead atoms. The average molecular weight is 467 g/mol. The Morgan fingerprint density at radius 3 is 2.52 bits per heavy atom. The predicted octanol–water partition coefficient (Wildman–Crippen LogP) is 1.98. The molecule has 1 saturated heterocycles. The van der Waals surface area contributed by atoms with Crippen LogP contribution in [0.15, 0.2) is 42.5 Å². The van der Waals surface area contributed by atoms with Crippen LogP contribution in [0.25, 0.3) is 11.3 Å². The molecule has 0 atom stereocenters. The highest BCUT2D eigenvalue weighted by molar-refractivity contribution is 5.78. The van der Waals surface area contributed by atoms with Crippen molar-refractivity contribution in [2.75, 3.05) is 50.8 Å². The molecule has 1 aliphatic heterocycles. The van der Waals surface area contributed by atoms with Gasteiger partial charge in [0.1, 0.15) is 11.6 Å². The van der Waals surface area contributed by atoms with Gasteiger partial charge in [-0.05, 0) is 24.3 Å². The number of primary amides is 1. The van der Waals surface area contributed by atoms with Crippen LogP contribution >= 0.6 is 0 Å². The molecule has 0 spiro atoms. The molecule has 9 nitrogen and oxygen atoms in total. The van der Waals surface area contributed by atoms with Crippen molar-refractivity contribution in [3.8, 4) is 17.0 Å². The molecule has 0 unspecified atom stereocenters. The van der Waals surface area contributed by atoms with E-state index < -0.39 is 25.0 Å². The Labute approximate surface area is 188 Å². The maximum atomic E-state index is 12.5. The fourth-order valence-corrected chi connectivity index (χ4v) is 3.32. The van der Waals surface area contributed by atoms with E-state index in [4.69, 9.17) is 5.73 Å². The molecule has 0 saturated carbocycles. The first-order valence-electron chi connectivity index (χ1n) is 10.2. The number of nitrogens with zero attached hydrogens (tertiary/aromatic N) is 3. The van der Waals surface area contributed by atoms with E-state index in [0.29, 0.717) is 37.4 Å². The maximum Gasteiger partial charge on any atom is 0.573 e. The molecule has 33 heavy (non-hydrogen) atoms. The van der Waals surface area contributed by atoms with E-state index in [1.165, 1.54) is 18.2 Å². The van der Waals surface area contributed by atoms with Gasteiger partial charge >= 0.3 is 12.5 Å². The van der Waals surface area contributed by atoms with Gasteiger partial charge in [-0.25, -0.2) is 9.78 Å². The van der Waals surface area contributed by atoms with E-state index in [2.05, 4.69) is 29.6 Å². The van der Waals surface area contributed by atoms with Crippen LogP contribution in [0.1, 0.15) is 0 Å². The number of carbonyl (C=O) groups excluding carboxylic acids is 2. The van der Waals surface area contributed by atoms with Gasteiger partial charge in [-0.15, -0.1) is 13.2 Å². The van der Waals surface area contributed by atoms with Crippen molar-refractivity contribution in [1.82, 2.24) is 15.2 Å². The number of benzene rings is 1. The molecule has 2 aromatic rings. The van der Waals surface area contributed by atoms with Gasteiger partial charge in [0.2, 0.25) is 0 Å². The summed E-state index contributed by atoms with van der Waals surface area (Å²) in [7, 11) is 0. The summed E-state index contributed by atoms with van der Waals surface area (Å²) < 4.78 is 46.1. The maximum absolute atomic E-state index is 12.5. The molecule has 178 valence electrons. The average Bonchev–Trinajstić information content (AvgIpc) is 2.77. The van der Waals surface area contributed by atoms with Gasteiger partial charge in [0, 0.05) is 44.8 Å². The van der Waals surface area contributed by atoms with Crippen molar-refractivity contribution < 1.29 is 32.2 Å². The van der Waals surface area contributed by atoms with Crippen molar-refractivity contribution in [1.29, 1.82) is 0 Å². The number of pyridine rings is 1. The number of halogens is 3. The SMILES string of the molecule is NC(=O)COC(=O)NCCN1CCN(c2cccc(-c3cccc(OC(F)(F)F)c3)n2)CC1. The first kappa shape index (κ1) is 24.1. The van der Waals surface area contributed by atoms with Crippen molar-refractivity contribution in [2.24, 2.45) is 5.73 Å². The summed E-state index contributed by atoms with van der Waals surface area (Å²) in [5.74, 6) is -0.295. The third-order valence-corrected chi connectivity index (χ3v) is 4.84. The van der Waals surface area contributed by atoms with E-state index >= 15 is 0 Å². The fourth-order valence-electron chi connectivity index (χ4n) is 3.32. The minimum absolute atomic E-state index is 0.298. The lowest BCUT2D eigenvalue weighted by molar-refractivity contribution is -0.274. The molecule has 3 N–H and O–H groups in total. The van der Waals surface area contributed by atoms with Gasteiger partial charge < -0.3 is 25.4 Å². The zero-order valence-corrected chi connectivity index (χ0v) is 17.7. The Kier molecular flexibility index (Phi) is 7.93. The van der Waals surface area contributed by atoms with Crippen LogP contribution in [0.3, 0.4) is 0 Å². The molecule has 0 aliphatic carbocycles. The number of alkyl halides is 3. The summed E-state index contributed by atoms with van der Waals surface area (Å²) in [6, 6.07) is 11.1. The highest BCUT2D eigenvalue weighted by atomic mass is 19.4. The molecule has 2 amide bonds. The van der Waals surface area contributed by atoms with Gasteiger partial charge in [-0.1, -0.05) is 18.2 Å². The summed E-state index contributed by atoms with van der Waals surface area (Å²) >= 11 is 0. The Hall–Kier alpha value is -3.54. The second kappa shape index (κ2) is 10.9. The number of nitrogens with two attached hydrogens (primary N) is 1. The molecule has 2 heterocycles. The lowest BCUT2D eigenvalue weighted by atomic mass is 10.1. The second-order valence-electron chi connectivity index (χ2n) is 7.25. The number of piperazine rings is 1. The lowest BCUT2D eigenvalue weighted by Crippen LogP contribution is -2.48. The Bertz CT molecular complexity index is 965. The van der Waals surface area contributed by atoms with E-state index in [9.17, 15) is 22.8 Å². The van der Waals surface area contributed by atoms with Gasteiger partial charge in [0.15, 0.2) is 6.61 Å². The zero-order chi connectivity index (χ0) is 23.8. The smallest absolute Gasteiger partial charge is 0.439 e. The lowest BCUT2D eigenvalue weighted by Gasteiger charge is -2.35. The number of carbonyl (C=O) groups is 2. The molecule has 1 fully saturated rings. The zero-order valence-electron chi connectivity index (χ0n) is 17.7. The van der Waals surface area contributed by atoms with Crippen LogP contribution in [0.5, 0.6) is 5.75 Å². The quantitative estimate of drug-likeness (QED) is 0.611. The van der Waals surface area contributed by atoms with E-state index in [1.807, 2.05) is 12.1 Å². The highest BCUT2D eigenvalue weighted by Crippen LogP contribution is 2.28. The van der Waals surface area contributed by atoms with E-state index in [1.54, 1.807) is 12.1 Å². The summed E-state index contributed by atoms with van der Waals surface area (Å²) in [6.45, 7) is 3.37. The molecule has 1 aliphatic rings. The van der Waals surface area contributed by atoms with Crippen LogP contribution in [-0.2, 0) is 9.53 Å². The first-order valence-corrected chi connectivity index (χ1v) is 10.2. The van der Waals surface area contributed by atoms with Crippen LogP contribution in [0.2, 0.25) is 0 Å². The third kappa shape index (κ3) is 7.83. The summed E-state index contributed by atoms with van der Waals surface area (Å²) in [6.07, 6.45) is -5.45. The molecule has 3 rings (SSSR count). The molecule has 12 heteroatoms. The number of hydrogen-bond donors (Lipinski definition) is 2. The monoisotopic (exact) mass is 467 g/mol.